The first-order chi connectivity index (χ1) is 13.7. The Morgan fingerprint density at radius 3 is 2.66 bits per heavy atom. The summed E-state index contributed by atoms with van der Waals surface area (Å²) in [6.07, 6.45) is 3.59. The van der Waals surface area contributed by atoms with Gasteiger partial charge in [0.25, 0.3) is 0 Å². The Balaban J connectivity index is 0.00000240. The number of halogens is 2. The van der Waals surface area contributed by atoms with E-state index in [1.54, 1.807) is 7.05 Å². The maximum atomic E-state index is 13.9. The fraction of sp³-hybridized carbons (Fsp3) is 0.409. The van der Waals surface area contributed by atoms with Crippen molar-refractivity contribution in [2.45, 2.75) is 37.8 Å². The number of benzene rings is 2. The smallest absolute Gasteiger partial charge is 0.191 e. The number of rotatable bonds is 5. The van der Waals surface area contributed by atoms with Crippen LogP contribution in [0.5, 0.6) is 5.75 Å². The molecule has 0 saturated heterocycles. The van der Waals surface area contributed by atoms with E-state index in [2.05, 4.69) is 46.0 Å². The summed E-state index contributed by atoms with van der Waals surface area (Å²) in [5, 5.41) is 6.74. The fourth-order valence-electron chi connectivity index (χ4n) is 4.00. The summed E-state index contributed by atoms with van der Waals surface area (Å²) in [6.45, 7) is 1.81. The molecule has 1 aliphatic carbocycles. The van der Waals surface area contributed by atoms with Crippen molar-refractivity contribution >= 4 is 29.9 Å². The molecule has 1 heterocycles. The van der Waals surface area contributed by atoms with Gasteiger partial charge in [-0.3, -0.25) is 4.99 Å². The summed E-state index contributed by atoms with van der Waals surface area (Å²) in [5.74, 6) is 1.12. The number of fused-ring (bicyclic) bond motifs is 1. The van der Waals surface area contributed by atoms with E-state index in [9.17, 15) is 4.39 Å². The molecule has 156 valence electrons. The van der Waals surface area contributed by atoms with Gasteiger partial charge >= 0.3 is 0 Å². The highest BCUT2D eigenvalue weighted by atomic mass is 127. The highest BCUT2D eigenvalue weighted by molar-refractivity contribution is 14.0. The topological polar surface area (TPSA) is 54.9 Å². The minimum atomic E-state index is -0.287. The molecule has 2 N–H and O–H groups in total. The van der Waals surface area contributed by atoms with Gasteiger partial charge in [0.05, 0.1) is 6.61 Å². The van der Waals surface area contributed by atoms with Crippen molar-refractivity contribution in [2.24, 2.45) is 4.99 Å². The molecule has 4 rings (SSSR count). The van der Waals surface area contributed by atoms with E-state index in [4.69, 9.17) is 9.47 Å². The van der Waals surface area contributed by atoms with E-state index in [0.29, 0.717) is 24.9 Å². The van der Waals surface area contributed by atoms with Gasteiger partial charge in [-0.1, -0.05) is 36.8 Å². The molecule has 0 spiro atoms. The molecule has 0 radical (unpaired) electrons. The third-order valence-corrected chi connectivity index (χ3v) is 5.71. The maximum absolute atomic E-state index is 13.9. The number of hydrogen-bond donors (Lipinski definition) is 2. The quantitative estimate of drug-likeness (QED) is 0.361. The van der Waals surface area contributed by atoms with Crippen LogP contribution in [0.4, 0.5) is 4.39 Å². The van der Waals surface area contributed by atoms with Crippen LogP contribution in [0.25, 0.3) is 0 Å². The molecule has 2 aromatic rings. The van der Waals surface area contributed by atoms with Gasteiger partial charge in [-0.05, 0) is 30.5 Å². The van der Waals surface area contributed by atoms with Crippen molar-refractivity contribution in [3.8, 4) is 5.75 Å². The van der Waals surface area contributed by atoms with Crippen LogP contribution >= 0.6 is 24.0 Å². The highest BCUT2D eigenvalue weighted by Crippen LogP contribution is 2.43. The Bertz CT molecular complexity index is 857. The number of guanidine groups is 1. The first-order valence-electron chi connectivity index (χ1n) is 9.72. The number of aliphatic imine (C=N–C) groups is 1. The van der Waals surface area contributed by atoms with E-state index in [1.807, 2.05) is 0 Å². The lowest BCUT2D eigenvalue weighted by atomic mass is 9.64. The molecule has 1 saturated carbocycles. The molecule has 5 nitrogen and oxygen atoms in total. The van der Waals surface area contributed by atoms with Crippen molar-refractivity contribution in [1.82, 2.24) is 10.6 Å². The van der Waals surface area contributed by atoms with Crippen LogP contribution in [0.15, 0.2) is 47.5 Å². The number of nitrogens with one attached hydrogen (secondary N) is 2. The van der Waals surface area contributed by atoms with Crippen LogP contribution < -0.4 is 15.4 Å². The molecule has 0 unspecified atom stereocenters. The van der Waals surface area contributed by atoms with Crippen LogP contribution in [-0.2, 0) is 23.3 Å². The normalized spacial score (nSPS) is 17.2. The Hall–Kier alpha value is -1.87. The van der Waals surface area contributed by atoms with Gasteiger partial charge in [-0.15, -0.1) is 24.0 Å². The van der Waals surface area contributed by atoms with Crippen LogP contribution in [0, 0.1) is 5.82 Å². The molecule has 0 atom stereocenters. The van der Waals surface area contributed by atoms with Crippen LogP contribution in [0.2, 0.25) is 0 Å². The molecule has 1 fully saturated rings. The van der Waals surface area contributed by atoms with E-state index in [-0.39, 0.29) is 42.0 Å². The molecule has 2 aromatic carbocycles. The second kappa shape index (κ2) is 9.75. The standard InChI is InChI=1S/C22H26FN3O2.HI/c1-24-21(26-14-22(8-5-9-22)18-6-3-2-4-7-18)25-12-16-10-19(23)11-17-13-27-15-28-20(16)17;/h2-4,6-7,10-11H,5,8-9,12-15H2,1H3,(H2,24,25,26);1H. The lowest BCUT2D eigenvalue weighted by Gasteiger charge is -2.43. The molecular formula is C22H27FIN3O2. The Morgan fingerprint density at radius 1 is 1.17 bits per heavy atom. The number of nitrogens with zero attached hydrogens (tertiary/aromatic N) is 1. The molecule has 29 heavy (non-hydrogen) atoms. The first-order valence-corrected chi connectivity index (χ1v) is 9.72. The fourth-order valence-corrected chi connectivity index (χ4v) is 4.00. The van der Waals surface area contributed by atoms with Crippen molar-refractivity contribution < 1.29 is 13.9 Å². The molecular weight excluding hydrogens is 484 g/mol. The summed E-state index contributed by atoms with van der Waals surface area (Å²) in [7, 11) is 1.75. The van der Waals surface area contributed by atoms with Gasteiger partial charge in [-0.2, -0.15) is 0 Å². The van der Waals surface area contributed by atoms with E-state index < -0.39 is 0 Å². The zero-order valence-electron chi connectivity index (χ0n) is 16.5. The van der Waals surface area contributed by atoms with Gasteiger partial charge in [0.15, 0.2) is 12.8 Å². The van der Waals surface area contributed by atoms with Crippen LogP contribution in [0.3, 0.4) is 0 Å². The van der Waals surface area contributed by atoms with Gasteiger partial charge in [0.2, 0.25) is 0 Å². The molecule has 0 amide bonds. The van der Waals surface area contributed by atoms with Gasteiger partial charge < -0.3 is 20.1 Å². The molecule has 1 aliphatic heterocycles. The largest absolute Gasteiger partial charge is 0.467 e. The molecule has 0 aromatic heterocycles. The third-order valence-electron chi connectivity index (χ3n) is 5.71. The van der Waals surface area contributed by atoms with E-state index >= 15 is 0 Å². The second-order valence-electron chi connectivity index (χ2n) is 7.44. The van der Waals surface area contributed by atoms with Gasteiger partial charge in [0, 0.05) is 36.7 Å². The van der Waals surface area contributed by atoms with Crippen molar-refractivity contribution in [1.29, 1.82) is 0 Å². The average molecular weight is 511 g/mol. The van der Waals surface area contributed by atoms with Crippen molar-refractivity contribution in [3.05, 3.63) is 65.0 Å². The van der Waals surface area contributed by atoms with E-state index in [1.165, 1.54) is 37.0 Å². The molecule has 0 bridgehead atoms. The number of ether oxygens (including phenoxy) is 2. The minimum absolute atomic E-state index is 0. The summed E-state index contributed by atoms with van der Waals surface area (Å²) in [6, 6.07) is 13.6. The van der Waals surface area contributed by atoms with Crippen molar-refractivity contribution in [3.63, 3.8) is 0 Å². The highest BCUT2D eigenvalue weighted by Gasteiger charge is 2.38. The lowest BCUT2D eigenvalue weighted by Crippen LogP contribution is -2.48. The average Bonchev–Trinajstić information content (AvgIpc) is 2.70. The third kappa shape index (κ3) is 4.83. The van der Waals surface area contributed by atoms with Crippen LogP contribution in [-0.4, -0.2) is 26.3 Å². The lowest BCUT2D eigenvalue weighted by molar-refractivity contribution is -0.0172. The van der Waals surface area contributed by atoms with Crippen molar-refractivity contribution in [2.75, 3.05) is 20.4 Å². The predicted octanol–water partition coefficient (Wildman–Crippen LogP) is 4.10. The van der Waals surface area contributed by atoms with Gasteiger partial charge in [-0.25, -0.2) is 4.39 Å². The second-order valence-corrected chi connectivity index (χ2v) is 7.44. The first kappa shape index (κ1) is 21.8. The van der Waals surface area contributed by atoms with Gasteiger partial charge in [0.1, 0.15) is 11.6 Å². The predicted molar refractivity (Wildman–Crippen MR) is 122 cm³/mol. The number of hydrogen-bond acceptors (Lipinski definition) is 3. The SMILES string of the molecule is CN=C(NCc1cc(F)cc2c1OCOC2)NCC1(c2ccccc2)CCC1.I. The zero-order chi connectivity index (χ0) is 19.4. The zero-order valence-corrected chi connectivity index (χ0v) is 18.9. The van der Waals surface area contributed by atoms with Crippen LogP contribution in [0.1, 0.15) is 36.0 Å². The minimum Gasteiger partial charge on any atom is -0.467 e. The Kier molecular flexibility index (Phi) is 7.34. The molecule has 2 aliphatic rings. The summed E-state index contributed by atoms with van der Waals surface area (Å²) in [5.41, 5.74) is 3.04. The monoisotopic (exact) mass is 511 g/mol. The van der Waals surface area contributed by atoms with E-state index in [0.717, 1.165) is 17.7 Å². The Morgan fingerprint density at radius 2 is 1.97 bits per heavy atom. The molecule has 7 heteroatoms. The maximum Gasteiger partial charge on any atom is 0.191 e. The summed E-state index contributed by atoms with van der Waals surface area (Å²) in [4.78, 5) is 4.33. The summed E-state index contributed by atoms with van der Waals surface area (Å²) >= 11 is 0. The Labute approximate surface area is 188 Å². The summed E-state index contributed by atoms with van der Waals surface area (Å²) < 4.78 is 24.8.